The van der Waals surface area contributed by atoms with Gasteiger partial charge >= 0.3 is 5.97 Å². The normalized spacial score (nSPS) is 15.1. The van der Waals surface area contributed by atoms with Crippen LogP contribution in [-0.4, -0.2) is 28.6 Å². The van der Waals surface area contributed by atoms with E-state index in [1.807, 2.05) is 19.6 Å². The van der Waals surface area contributed by atoms with Crippen LogP contribution in [0.25, 0.3) is 0 Å². The molecule has 0 aromatic rings. The minimum atomic E-state index is -1.78. The second kappa shape index (κ2) is 5.47. The van der Waals surface area contributed by atoms with Gasteiger partial charge in [0.25, 0.3) is 0 Å². The predicted molar refractivity (Wildman–Crippen MR) is 74.5 cm³/mol. The van der Waals surface area contributed by atoms with Crippen molar-refractivity contribution in [3.8, 4) is 0 Å². The van der Waals surface area contributed by atoms with Gasteiger partial charge < -0.3 is 9.41 Å². The average molecular weight is 262 g/mol. The maximum absolute atomic E-state index is 12.1. The number of rotatable bonds is 5. The zero-order valence-corrected chi connectivity index (χ0v) is 14.0. The van der Waals surface area contributed by atoms with E-state index in [0.717, 1.165) is 0 Å². The van der Waals surface area contributed by atoms with E-state index in [9.17, 15) is 4.79 Å². The number of carbonyl (C=O) groups excluding carboxylic acids is 1. The highest BCUT2D eigenvalue weighted by molar-refractivity contribution is 6.74. The maximum Gasteiger partial charge on any atom is 0.309 e. The highest BCUT2D eigenvalue weighted by Crippen LogP contribution is 2.12. The van der Waals surface area contributed by atoms with E-state index < -0.39 is 16.6 Å². The predicted octanol–water partition coefficient (Wildman–Crippen LogP) is 2.81. The van der Waals surface area contributed by atoms with Crippen molar-refractivity contribution in [1.82, 2.24) is 4.98 Å². The monoisotopic (exact) mass is 261 g/mol. The van der Waals surface area contributed by atoms with E-state index in [0.29, 0.717) is 0 Å². The van der Waals surface area contributed by atoms with Crippen molar-refractivity contribution in [1.29, 1.82) is 0 Å². The molecule has 0 rings (SSSR count). The van der Waals surface area contributed by atoms with Crippen LogP contribution in [0, 0.1) is 5.92 Å². The molecule has 0 saturated carbocycles. The maximum atomic E-state index is 12.1. The Kier molecular flexibility index (Phi) is 5.42. The average Bonchev–Trinajstić information content (AvgIpc) is 1.94. The van der Waals surface area contributed by atoms with Gasteiger partial charge in [-0.05, 0) is 25.6 Å². The summed E-state index contributed by atoms with van der Waals surface area (Å²) in [7, 11) is -3.24. The molecule has 0 aliphatic carbocycles. The van der Waals surface area contributed by atoms with Crippen molar-refractivity contribution in [2.75, 3.05) is 0 Å². The van der Waals surface area contributed by atoms with E-state index in [2.05, 4.69) is 38.5 Å². The molecular weight excluding hydrogens is 234 g/mol. The summed E-state index contributed by atoms with van der Waals surface area (Å²) in [4.78, 5) is 15.5. The first-order valence-corrected chi connectivity index (χ1v) is 12.8. The summed E-state index contributed by atoms with van der Waals surface area (Å²) in [6.07, 6.45) is 0. The van der Waals surface area contributed by atoms with Gasteiger partial charge in [0.1, 0.15) is 14.3 Å². The van der Waals surface area contributed by atoms with E-state index >= 15 is 0 Å². The number of nitrogens with one attached hydrogen (secondary N) is 1. The first-order chi connectivity index (χ1) is 6.92. The minimum Gasteiger partial charge on any atom is -0.519 e. The van der Waals surface area contributed by atoms with E-state index in [1.165, 1.54) is 0 Å². The molecule has 0 aliphatic rings. The van der Waals surface area contributed by atoms with Crippen LogP contribution in [0.15, 0.2) is 0 Å². The van der Waals surface area contributed by atoms with Crippen molar-refractivity contribution < 1.29 is 9.22 Å². The summed E-state index contributed by atoms with van der Waals surface area (Å²) >= 11 is 0. The third-order valence-electron chi connectivity index (χ3n) is 1.92. The highest BCUT2D eigenvalue weighted by atomic mass is 28.4. The smallest absolute Gasteiger partial charge is 0.309 e. The van der Waals surface area contributed by atoms with Crippen LogP contribution in [0.4, 0.5) is 0 Å². The van der Waals surface area contributed by atoms with Crippen LogP contribution in [-0.2, 0) is 9.22 Å². The van der Waals surface area contributed by atoms with Gasteiger partial charge in [0.05, 0.1) is 0 Å². The number of hydrogen-bond donors (Lipinski definition) is 1. The van der Waals surface area contributed by atoms with Gasteiger partial charge in [-0.1, -0.05) is 33.5 Å². The summed E-state index contributed by atoms with van der Waals surface area (Å²) in [5, 5.41) is 0. The Balaban J connectivity index is 4.62. The van der Waals surface area contributed by atoms with Crippen molar-refractivity contribution in [2.45, 2.75) is 59.2 Å². The van der Waals surface area contributed by atoms with Crippen LogP contribution >= 0.6 is 0 Å². The Labute approximate surface area is 102 Å². The van der Waals surface area contributed by atoms with E-state index in [-0.39, 0.29) is 17.9 Å². The number of hydrogen-bond acceptors (Lipinski definition) is 3. The van der Waals surface area contributed by atoms with Gasteiger partial charge in [-0.2, -0.15) is 0 Å². The number of carbonyl (C=O) groups is 1. The molecule has 0 unspecified atom stereocenters. The van der Waals surface area contributed by atoms with Gasteiger partial charge in [-0.15, -0.1) is 0 Å². The molecule has 0 amide bonds. The standard InChI is InChI=1S/C11H27NO2Si2/c1-9(2)10(12-15(3,4)5)11(13)14-16(6,7)8/h9-10,12H,1-8H3/t10-/m0/s1. The lowest BCUT2D eigenvalue weighted by molar-refractivity contribution is -0.138. The Morgan fingerprint density at radius 1 is 1.06 bits per heavy atom. The van der Waals surface area contributed by atoms with Gasteiger partial charge in [0.15, 0.2) is 0 Å². The van der Waals surface area contributed by atoms with Crippen LogP contribution < -0.4 is 4.98 Å². The summed E-state index contributed by atoms with van der Waals surface area (Å²) in [6.45, 7) is 16.8. The lowest BCUT2D eigenvalue weighted by atomic mass is 10.1. The van der Waals surface area contributed by atoms with Crippen molar-refractivity contribution in [3.63, 3.8) is 0 Å². The third kappa shape index (κ3) is 7.19. The molecule has 3 nitrogen and oxygen atoms in total. The van der Waals surface area contributed by atoms with E-state index in [1.54, 1.807) is 0 Å². The van der Waals surface area contributed by atoms with Gasteiger partial charge in [-0.3, -0.25) is 4.79 Å². The Morgan fingerprint density at radius 3 is 1.75 bits per heavy atom. The first-order valence-electron chi connectivity index (χ1n) is 5.93. The lowest BCUT2D eigenvalue weighted by Crippen LogP contribution is -2.55. The Bertz CT molecular complexity index is 241. The van der Waals surface area contributed by atoms with Gasteiger partial charge in [-0.25, -0.2) is 0 Å². The Morgan fingerprint density at radius 2 is 1.50 bits per heavy atom. The highest BCUT2D eigenvalue weighted by Gasteiger charge is 2.31. The second-order valence-corrected chi connectivity index (χ2v) is 15.9. The summed E-state index contributed by atoms with van der Waals surface area (Å²) in [5.74, 6) is 0.201. The summed E-state index contributed by atoms with van der Waals surface area (Å²) in [6, 6.07) is -0.154. The molecule has 96 valence electrons. The molecule has 0 aliphatic heterocycles. The topological polar surface area (TPSA) is 38.3 Å². The van der Waals surface area contributed by atoms with Crippen molar-refractivity contribution in [3.05, 3.63) is 0 Å². The van der Waals surface area contributed by atoms with Gasteiger partial charge in [0.2, 0.25) is 8.32 Å². The first kappa shape index (κ1) is 15.9. The minimum absolute atomic E-state index is 0.0726. The van der Waals surface area contributed by atoms with Crippen LogP contribution in [0.2, 0.25) is 39.3 Å². The van der Waals surface area contributed by atoms with Crippen LogP contribution in [0.3, 0.4) is 0 Å². The zero-order chi connectivity index (χ0) is 13.1. The molecule has 0 saturated heterocycles. The molecule has 16 heavy (non-hydrogen) atoms. The molecule has 0 radical (unpaired) electrons. The molecule has 0 aromatic carbocycles. The van der Waals surface area contributed by atoms with Crippen molar-refractivity contribution >= 4 is 22.5 Å². The summed E-state index contributed by atoms with van der Waals surface area (Å²) in [5.41, 5.74) is 0. The quantitative estimate of drug-likeness (QED) is 0.774. The molecule has 0 spiro atoms. The molecule has 0 aromatic heterocycles. The van der Waals surface area contributed by atoms with Crippen LogP contribution in [0.5, 0.6) is 0 Å². The fourth-order valence-electron chi connectivity index (χ4n) is 1.33. The zero-order valence-electron chi connectivity index (χ0n) is 12.0. The van der Waals surface area contributed by atoms with Crippen molar-refractivity contribution in [2.24, 2.45) is 5.92 Å². The van der Waals surface area contributed by atoms with Gasteiger partial charge in [0, 0.05) is 0 Å². The molecule has 0 fully saturated rings. The van der Waals surface area contributed by atoms with E-state index in [4.69, 9.17) is 4.43 Å². The fraction of sp³-hybridized carbons (Fsp3) is 0.909. The molecule has 5 heteroatoms. The third-order valence-corrected chi connectivity index (χ3v) is 3.91. The fourth-order valence-corrected chi connectivity index (χ4v) is 3.44. The second-order valence-electron chi connectivity index (χ2n) is 6.65. The molecule has 1 N–H and O–H groups in total. The lowest BCUT2D eigenvalue weighted by Gasteiger charge is -2.30. The molecular formula is C11H27NO2Si2. The Hall–Kier alpha value is -0.136. The van der Waals surface area contributed by atoms with Crippen LogP contribution in [0.1, 0.15) is 13.8 Å². The summed E-state index contributed by atoms with van der Waals surface area (Å²) < 4.78 is 5.57. The SMILES string of the molecule is CC(C)[C@H](N[Si](C)(C)C)C(=O)O[Si](C)(C)C. The molecule has 0 heterocycles. The molecule has 1 atom stereocenters. The molecule has 0 bridgehead atoms. The largest absolute Gasteiger partial charge is 0.519 e.